The average Bonchev–Trinajstić information content (AvgIpc) is 3.36. The molecule has 0 radical (unpaired) electrons. The highest BCUT2D eigenvalue weighted by Gasteiger charge is 2.29. The highest BCUT2D eigenvalue weighted by atomic mass is 35.5. The van der Waals surface area contributed by atoms with Crippen LogP contribution in [0.1, 0.15) is 33.1 Å². The quantitative estimate of drug-likeness (QED) is 0.626. The number of hydrogen-bond acceptors (Lipinski definition) is 5. The summed E-state index contributed by atoms with van der Waals surface area (Å²) in [5, 5.41) is 2.68. The van der Waals surface area contributed by atoms with E-state index < -0.39 is 16.1 Å². The third-order valence-corrected chi connectivity index (χ3v) is 5.72. The Morgan fingerprint density at radius 3 is 2.56 bits per heavy atom. The molecule has 0 aliphatic heterocycles. The zero-order valence-electron chi connectivity index (χ0n) is 14.6. The van der Waals surface area contributed by atoms with Crippen molar-refractivity contribution < 1.29 is 17.9 Å². The van der Waals surface area contributed by atoms with Crippen LogP contribution in [0.2, 0.25) is 0 Å². The van der Waals surface area contributed by atoms with E-state index in [2.05, 4.69) is 10.0 Å². The van der Waals surface area contributed by atoms with Crippen LogP contribution in [0, 0.1) is 5.92 Å². The van der Waals surface area contributed by atoms with E-state index in [9.17, 15) is 13.2 Å². The van der Waals surface area contributed by atoms with Gasteiger partial charge in [0.2, 0.25) is 15.9 Å². The van der Waals surface area contributed by atoms with Crippen LogP contribution in [0.15, 0.2) is 23.1 Å². The maximum absolute atomic E-state index is 12.3. The molecule has 0 bridgehead atoms. The molecule has 142 valence electrons. The fourth-order valence-corrected chi connectivity index (χ4v) is 3.50. The zero-order chi connectivity index (χ0) is 17.9. The first-order valence-electron chi connectivity index (χ1n) is 8.05. The Morgan fingerprint density at radius 2 is 2.04 bits per heavy atom. The molecule has 9 heteroatoms. The molecule has 2 atom stereocenters. The second kappa shape index (κ2) is 8.84. The molecule has 4 N–H and O–H groups in total. The SMILES string of the molecule is CCC(C)C(N)C(=O)Nc1cc(S(=O)(=O)NC2CC2)ccc1OC.Cl. The van der Waals surface area contributed by atoms with Gasteiger partial charge in [0.1, 0.15) is 5.75 Å². The van der Waals surface area contributed by atoms with Gasteiger partial charge in [-0.1, -0.05) is 20.3 Å². The van der Waals surface area contributed by atoms with Crippen molar-refractivity contribution in [2.45, 2.75) is 50.1 Å². The number of nitrogens with two attached hydrogens (primary N) is 1. The number of sulfonamides is 1. The van der Waals surface area contributed by atoms with E-state index in [1.54, 1.807) is 0 Å². The van der Waals surface area contributed by atoms with Crippen molar-refractivity contribution in [1.29, 1.82) is 0 Å². The lowest BCUT2D eigenvalue weighted by Gasteiger charge is -2.19. The number of anilines is 1. The minimum atomic E-state index is -3.61. The number of rotatable bonds is 8. The topological polar surface area (TPSA) is 111 Å². The molecule has 2 unspecified atom stereocenters. The molecule has 0 heterocycles. The fourth-order valence-electron chi connectivity index (χ4n) is 2.17. The monoisotopic (exact) mass is 391 g/mol. The number of nitrogens with one attached hydrogen (secondary N) is 2. The van der Waals surface area contributed by atoms with Gasteiger partial charge in [-0.25, -0.2) is 13.1 Å². The number of hydrogen-bond donors (Lipinski definition) is 3. The van der Waals surface area contributed by atoms with Crippen molar-refractivity contribution in [2.24, 2.45) is 11.7 Å². The normalized spacial score (nSPS) is 16.5. The number of halogens is 1. The molecule has 0 saturated heterocycles. The first kappa shape index (κ1) is 21.7. The Labute approximate surface area is 155 Å². The third-order valence-electron chi connectivity index (χ3n) is 4.20. The van der Waals surface area contributed by atoms with Gasteiger partial charge < -0.3 is 15.8 Å². The second-order valence-electron chi connectivity index (χ2n) is 6.16. The molecule has 25 heavy (non-hydrogen) atoms. The zero-order valence-corrected chi connectivity index (χ0v) is 16.2. The van der Waals surface area contributed by atoms with Crippen molar-refractivity contribution in [3.63, 3.8) is 0 Å². The number of benzene rings is 1. The molecule has 1 aromatic rings. The van der Waals surface area contributed by atoms with E-state index in [4.69, 9.17) is 10.5 Å². The predicted octanol–water partition coefficient (Wildman–Crippen LogP) is 1.87. The first-order chi connectivity index (χ1) is 11.3. The summed E-state index contributed by atoms with van der Waals surface area (Å²) in [4.78, 5) is 12.4. The van der Waals surface area contributed by atoms with E-state index in [1.165, 1.54) is 25.3 Å². The molecule has 1 aliphatic carbocycles. The average molecular weight is 392 g/mol. The van der Waals surface area contributed by atoms with Crippen LogP contribution in [-0.2, 0) is 14.8 Å². The van der Waals surface area contributed by atoms with Crippen LogP contribution in [-0.4, -0.2) is 33.5 Å². The lowest BCUT2D eigenvalue weighted by Crippen LogP contribution is -2.40. The maximum Gasteiger partial charge on any atom is 0.241 e. The summed E-state index contributed by atoms with van der Waals surface area (Å²) < 4.78 is 32.5. The van der Waals surface area contributed by atoms with E-state index in [0.29, 0.717) is 11.4 Å². The van der Waals surface area contributed by atoms with Crippen LogP contribution in [0.25, 0.3) is 0 Å². The molecular formula is C16H26ClN3O4S. The van der Waals surface area contributed by atoms with Gasteiger partial charge in [-0.3, -0.25) is 4.79 Å². The van der Waals surface area contributed by atoms with Crippen LogP contribution < -0.4 is 20.5 Å². The Kier molecular flexibility index (Phi) is 7.67. The second-order valence-corrected chi connectivity index (χ2v) is 7.87. The third kappa shape index (κ3) is 5.57. The van der Waals surface area contributed by atoms with Gasteiger partial charge in [0.15, 0.2) is 0 Å². The molecular weight excluding hydrogens is 366 g/mol. The minimum Gasteiger partial charge on any atom is -0.495 e. The largest absolute Gasteiger partial charge is 0.495 e. The van der Waals surface area contributed by atoms with Gasteiger partial charge >= 0.3 is 0 Å². The van der Waals surface area contributed by atoms with Crippen LogP contribution in [0.4, 0.5) is 5.69 Å². The summed E-state index contributed by atoms with van der Waals surface area (Å²) >= 11 is 0. The summed E-state index contributed by atoms with van der Waals surface area (Å²) in [5.74, 6) is 0.0249. The molecule has 1 aromatic carbocycles. The summed E-state index contributed by atoms with van der Waals surface area (Å²) in [6.07, 6.45) is 2.47. The molecule has 7 nitrogen and oxygen atoms in total. The molecule has 1 amide bonds. The Hall–Kier alpha value is -1.35. The summed E-state index contributed by atoms with van der Waals surface area (Å²) in [7, 11) is -2.16. The van der Waals surface area contributed by atoms with Crippen molar-refractivity contribution in [3.05, 3.63) is 18.2 Å². The van der Waals surface area contributed by atoms with Gasteiger partial charge in [0, 0.05) is 6.04 Å². The summed E-state index contributed by atoms with van der Waals surface area (Å²) in [5.41, 5.74) is 6.22. The minimum absolute atomic E-state index is 0. The molecule has 1 saturated carbocycles. The van der Waals surface area contributed by atoms with Gasteiger partial charge in [0.05, 0.1) is 23.7 Å². The molecule has 1 aliphatic rings. The van der Waals surface area contributed by atoms with Crippen molar-refractivity contribution >= 4 is 34.0 Å². The van der Waals surface area contributed by atoms with E-state index in [-0.39, 0.29) is 35.2 Å². The lowest BCUT2D eigenvalue weighted by molar-refractivity contribution is -0.118. The standard InChI is InChI=1S/C16H25N3O4S.ClH/c1-4-10(2)15(17)16(20)18-13-9-12(7-8-14(13)23-3)24(21,22)19-11-5-6-11;/h7-11,15,19H,4-6,17H2,1-3H3,(H,18,20);1H. The summed E-state index contributed by atoms with van der Waals surface area (Å²) in [6, 6.07) is 3.70. The smallest absolute Gasteiger partial charge is 0.241 e. The number of carbonyl (C=O) groups is 1. The Balaban J connectivity index is 0.00000312. The highest BCUT2D eigenvalue weighted by molar-refractivity contribution is 7.89. The van der Waals surface area contributed by atoms with Crippen molar-refractivity contribution in [1.82, 2.24) is 4.72 Å². The van der Waals surface area contributed by atoms with Crippen LogP contribution in [0.3, 0.4) is 0 Å². The molecule has 0 spiro atoms. The van der Waals surface area contributed by atoms with E-state index in [0.717, 1.165) is 19.3 Å². The van der Waals surface area contributed by atoms with Crippen LogP contribution in [0.5, 0.6) is 5.75 Å². The highest BCUT2D eigenvalue weighted by Crippen LogP contribution is 2.29. The molecule has 0 aromatic heterocycles. The fraction of sp³-hybridized carbons (Fsp3) is 0.562. The number of amides is 1. The van der Waals surface area contributed by atoms with Gasteiger partial charge in [-0.2, -0.15) is 0 Å². The van der Waals surface area contributed by atoms with Gasteiger partial charge in [-0.05, 0) is 37.0 Å². The number of ether oxygens (including phenoxy) is 1. The number of methoxy groups -OCH3 is 1. The van der Waals surface area contributed by atoms with Crippen molar-refractivity contribution in [2.75, 3.05) is 12.4 Å². The van der Waals surface area contributed by atoms with E-state index >= 15 is 0 Å². The first-order valence-corrected chi connectivity index (χ1v) is 9.53. The lowest BCUT2D eigenvalue weighted by atomic mass is 9.99. The van der Waals surface area contributed by atoms with Gasteiger partial charge in [0.25, 0.3) is 0 Å². The van der Waals surface area contributed by atoms with E-state index in [1.807, 2.05) is 13.8 Å². The Bertz CT molecular complexity index is 707. The number of carbonyl (C=O) groups excluding carboxylic acids is 1. The maximum atomic E-state index is 12.3. The Morgan fingerprint density at radius 1 is 1.40 bits per heavy atom. The molecule has 1 fully saturated rings. The van der Waals surface area contributed by atoms with Gasteiger partial charge in [-0.15, -0.1) is 12.4 Å². The predicted molar refractivity (Wildman–Crippen MR) is 99.6 cm³/mol. The summed E-state index contributed by atoms with van der Waals surface area (Å²) in [6.45, 7) is 3.84. The van der Waals surface area contributed by atoms with Crippen molar-refractivity contribution in [3.8, 4) is 5.75 Å². The molecule has 2 rings (SSSR count). The van der Waals surface area contributed by atoms with Crippen LogP contribution >= 0.6 is 12.4 Å².